The molecule has 0 bridgehead atoms. The molecule has 0 aromatic heterocycles. The minimum atomic E-state index is -5.03. The molecule has 12 nitrogen and oxygen atoms in total. The lowest BCUT2D eigenvalue weighted by molar-refractivity contribution is -0.301. The molecule has 6 atom stereocenters. The molecule has 0 amide bonds. The highest BCUT2D eigenvalue weighted by Crippen LogP contribution is 2.25. The molecular weight excluding hydrogens is 548 g/mol. The average molecular weight is 601 g/mol. The molecule has 0 aromatic rings. The molecular formula is C27H52O12S. The Morgan fingerprint density at radius 3 is 1.90 bits per heavy atom. The van der Waals surface area contributed by atoms with Gasteiger partial charge >= 0.3 is 16.4 Å². The van der Waals surface area contributed by atoms with Crippen molar-refractivity contribution in [3.05, 3.63) is 0 Å². The summed E-state index contributed by atoms with van der Waals surface area (Å²) >= 11 is 0. The number of hydrogen-bond acceptors (Lipinski definition) is 11. The molecule has 1 aliphatic rings. The first-order valence-electron chi connectivity index (χ1n) is 14.8. The highest BCUT2D eigenvalue weighted by Gasteiger charge is 2.48. The Morgan fingerprint density at radius 2 is 1.40 bits per heavy atom. The normalized spacial score (nSPS) is 24.2. The second kappa shape index (κ2) is 21.8. The van der Waals surface area contributed by atoms with E-state index in [1.165, 1.54) is 64.2 Å². The summed E-state index contributed by atoms with van der Waals surface area (Å²) in [5, 5.41) is 30.0. The van der Waals surface area contributed by atoms with E-state index in [2.05, 4.69) is 11.1 Å². The Hall–Kier alpha value is -0.900. The zero-order chi connectivity index (χ0) is 29.8. The van der Waals surface area contributed by atoms with Crippen molar-refractivity contribution < 1.29 is 56.2 Å². The van der Waals surface area contributed by atoms with Crippen molar-refractivity contribution in [2.45, 2.75) is 141 Å². The van der Waals surface area contributed by atoms with Crippen LogP contribution in [0.3, 0.4) is 0 Å². The van der Waals surface area contributed by atoms with Crippen LogP contribution in [-0.4, -0.2) is 97.5 Å². The van der Waals surface area contributed by atoms with Crippen LogP contribution in [-0.2, 0) is 38.3 Å². The van der Waals surface area contributed by atoms with Crippen molar-refractivity contribution in [2.75, 3.05) is 26.4 Å². The van der Waals surface area contributed by atoms with E-state index in [1.54, 1.807) is 6.92 Å². The van der Waals surface area contributed by atoms with Crippen LogP contribution in [0.15, 0.2) is 0 Å². The number of ether oxygens (including phenoxy) is 4. The zero-order valence-corrected chi connectivity index (χ0v) is 25.0. The summed E-state index contributed by atoms with van der Waals surface area (Å²) in [6.45, 7) is 3.35. The summed E-state index contributed by atoms with van der Waals surface area (Å²) in [4.78, 5) is 11.9. The van der Waals surface area contributed by atoms with Gasteiger partial charge in [-0.25, -0.2) is 4.18 Å². The molecule has 1 fully saturated rings. The zero-order valence-electron chi connectivity index (χ0n) is 24.2. The van der Waals surface area contributed by atoms with Crippen LogP contribution in [0.2, 0.25) is 0 Å². The molecule has 1 heterocycles. The van der Waals surface area contributed by atoms with Crippen molar-refractivity contribution in [1.82, 2.24) is 0 Å². The summed E-state index contributed by atoms with van der Waals surface area (Å²) in [5.41, 5.74) is 0. The number of aliphatic hydroxyl groups is 3. The van der Waals surface area contributed by atoms with Crippen molar-refractivity contribution >= 4 is 16.4 Å². The van der Waals surface area contributed by atoms with Crippen molar-refractivity contribution in [3.8, 4) is 0 Å². The van der Waals surface area contributed by atoms with Crippen LogP contribution in [0.25, 0.3) is 0 Å². The Labute approximate surface area is 239 Å². The molecule has 13 heteroatoms. The first-order valence-corrected chi connectivity index (χ1v) is 16.2. The summed E-state index contributed by atoms with van der Waals surface area (Å²) in [6, 6.07) is 0. The highest BCUT2D eigenvalue weighted by molar-refractivity contribution is 7.80. The van der Waals surface area contributed by atoms with Crippen LogP contribution in [0, 0.1) is 0 Å². The van der Waals surface area contributed by atoms with Gasteiger partial charge in [0.2, 0.25) is 0 Å². The number of unbranched alkanes of at least 4 members (excludes halogenated alkanes) is 12. The van der Waals surface area contributed by atoms with E-state index in [1.807, 2.05) is 0 Å². The maximum Gasteiger partial charge on any atom is 0.397 e. The largest absolute Gasteiger partial charge is 0.457 e. The number of rotatable bonds is 24. The third-order valence-corrected chi connectivity index (χ3v) is 7.25. The van der Waals surface area contributed by atoms with Crippen molar-refractivity contribution in [3.63, 3.8) is 0 Å². The van der Waals surface area contributed by atoms with E-state index < -0.39 is 59.8 Å². The highest BCUT2D eigenvalue weighted by atomic mass is 32.3. The predicted molar refractivity (Wildman–Crippen MR) is 147 cm³/mol. The number of aliphatic hydroxyl groups excluding tert-OH is 3. The van der Waals surface area contributed by atoms with Gasteiger partial charge in [-0.2, -0.15) is 8.42 Å². The molecule has 0 aromatic carbocycles. The lowest BCUT2D eigenvalue weighted by Crippen LogP contribution is -2.60. The third-order valence-electron chi connectivity index (χ3n) is 6.78. The molecule has 0 aliphatic carbocycles. The fourth-order valence-electron chi connectivity index (χ4n) is 4.47. The maximum atomic E-state index is 11.9. The lowest BCUT2D eigenvalue weighted by Gasteiger charge is -2.41. The Morgan fingerprint density at radius 1 is 0.850 bits per heavy atom. The quantitative estimate of drug-likeness (QED) is 0.0724. The van der Waals surface area contributed by atoms with E-state index >= 15 is 0 Å². The molecule has 1 saturated heterocycles. The van der Waals surface area contributed by atoms with Crippen LogP contribution in [0.5, 0.6) is 0 Å². The molecule has 4 N–H and O–H groups in total. The lowest BCUT2D eigenvalue weighted by atomic mass is 9.99. The first kappa shape index (κ1) is 37.1. The predicted octanol–water partition coefficient (Wildman–Crippen LogP) is 3.06. The van der Waals surface area contributed by atoms with E-state index in [0.29, 0.717) is 6.61 Å². The topological polar surface area (TPSA) is 178 Å². The van der Waals surface area contributed by atoms with E-state index in [4.69, 9.17) is 23.5 Å². The number of carbonyl (C=O) groups excluding carboxylic acids is 1. The first-order chi connectivity index (χ1) is 19.1. The van der Waals surface area contributed by atoms with Crippen LogP contribution in [0.1, 0.15) is 104 Å². The molecule has 1 rings (SSSR count). The molecule has 0 spiro atoms. The van der Waals surface area contributed by atoms with Crippen molar-refractivity contribution in [2.24, 2.45) is 0 Å². The number of hydrogen-bond donors (Lipinski definition) is 4. The molecule has 1 aliphatic heterocycles. The smallest absolute Gasteiger partial charge is 0.397 e. The number of carbonyl (C=O) groups is 1. The van der Waals surface area contributed by atoms with Crippen LogP contribution >= 0.6 is 0 Å². The molecule has 0 radical (unpaired) electrons. The van der Waals surface area contributed by atoms with Gasteiger partial charge in [-0.05, 0) is 6.42 Å². The van der Waals surface area contributed by atoms with Gasteiger partial charge in [-0.3, -0.25) is 9.35 Å². The Balaban J connectivity index is 2.34. The standard InChI is InChI=1S/C27H52O12S/c1-3-5-6-7-8-9-10-11-12-13-14-15-16-17-35-19-21(37-23(29)4-2)20-36-27-25(31)26(39-40(32,33)34)24(30)22(18-28)38-27/h21-22,24-28,30-31H,3-20H2,1-2H3,(H,32,33,34). The summed E-state index contributed by atoms with van der Waals surface area (Å²) < 4.78 is 57.4. The molecule has 0 saturated carbocycles. The van der Waals surface area contributed by atoms with Gasteiger partial charge in [0.1, 0.15) is 30.5 Å². The average Bonchev–Trinajstić information content (AvgIpc) is 2.91. The minimum absolute atomic E-state index is 0.0316. The maximum absolute atomic E-state index is 11.9. The van der Waals surface area contributed by atoms with Gasteiger partial charge in [-0.1, -0.05) is 90.9 Å². The SMILES string of the molecule is CCCCCCCCCCCCCCCOCC(COC1OC(CO)C(O)C(OS(=O)(=O)O)C1O)OC(=O)CC. The Bertz CT molecular complexity index is 750. The second-order valence-electron chi connectivity index (χ2n) is 10.3. The molecule has 40 heavy (non-hydrogen) atoms. The second-order valence-corrected chi connectivity index (χ2v) is 11.4. The molecule has 6 unspecified atom stereocenters. The van der Waals surface area contributed by atoms with Gasteiger partial charge in [-0.15, -0.1) is 0 Å². The number of esters is 1. The van der Waals surface area contributed by atoms with Gasteiger partial charge in [0.15, 0.2) is 6.29 Å². The van der Waals surface area contributed by atoms with E-state index in [9.17, 15) is 28.5 Å². The molecule has 238 valence electrons. The summed E-state index contributed by atoms with van der Waals surface area (Å²) in [5.74, 6) is -0.487. The van der Waals surface area contributed by atoms with Crippen LogP contribution < -0.4 is 0 Å². The van der Waals surface area contributed by atoms with Gasteiger partial charge in [0.25, 0.3) is 0 Å². The monoisotopic (exact) mass is 600 g/mol. The van der Waals surface area contributed by atoms with Crippen molar-refractivity contribution in [1.29, 1.82) is 0 Å². The van der Waals surface area contributed by atoms with E-state index in [-0.39, 0.29) is 19.6 Å². The Kier molecular flexibility index (Phi) is 20.2. The summed E-state index contributed by atoms with van der Waals surface area (Å²) in [6.07, 6.45) is 7.04. The minimum Gasteiger partial charge on any atom is -0.457 e. The van der Waals surface area contributed by atoms with Crippen LogP contribution in [0.4, 0.5) is 0 Å². The van der Waals surface area contributed by atoms with Gasteiger partial charge < -0.3 is 34.3 Å². The third kappa shape index (κ3) is 16.5. The van der Waals surface area contributed by atoms with Gasteiger partial charge in [0, 0.05) is 13.0 Å². The van der Waals surface area contributed by atoms with Gasteiger partial charge in [0.05, 0.1) is 19.8 Å². The fourth-order valence-corrected chi connectivity index (χ4v) is 4.98. The summed E-state index contributed by atoms with van der Waals surface area (Å²) in [7, 11) is -5.03. The fraction of sp³-hybridized carbons (Fsp3) is 0.963. The van der Waals surface area contributed by atoms with E-state index in [0.717, 1.165) is 19.3 Å².